The topological polar surface area (TPSA) is 46.3 Å². The van der Waals surface area contributed by atoms with E-state index in [9.17, 15) is 4.79 Å². The van der Waals surface area contributed by atoms with Crippen LogP contribution < -0.4 is 5.73 Å². The van der Waals surface area contributed by atoms with Gasteiger partial charge >= 0.3 is 0 Å². The van der Waals surface area contributed by atoms with Crippen molar-refractivity contribution in [3.8, 4) is 0 Å². The maximum Gasteiger partial charge on any atom is 0.242 e. The molecule has 19 heavy (non-hydrogen) atoms. The second kappa shape index (κ2) is 5.08. The van der Waals surface area contributed by atoms with Gasteiger partial charge in [0, 0.05) is 13.1 Å². The summed E-state index contributed by atoms with van der Waals surface area (Å²) in [6.45, 7) is 1.91. The van der Waals surface area contributed by atoms with Gasteiger partial charge in [0.25, 0.3) is 0 Å². The number of carbonyl (C=O) groups is 1. The van der Waals surface area contributed by atoms with E-state index < -0.39 is 5.54 Å². The third-order valence-corrected chi connectivity index (χ3v) is 5.95. The molecule has 0 atom stereocenters. The minimum absolute atomic E-state index is 0.250. The summed E-state index contributed by atoms with van der Waals surface area (Å²) in [5.41, 5.74) is 6.45. The molecule has 1 heterocycles. The van der Waals surface area contributed by atoms with E-state index in [0.29, 0.717) is 5.41 Å². The van der Waals surface area contributed by atoms with Crippen molar-refractivity contribution < 1.29 is 4.79 Å². The number of carbonyl (C=O) groups excluding carboxylic acids is 1. The van der Waals surface area contributed by atoms with Crippen molar-refractivity contribution in [2.45, 2.75) is 76.2 Å². The molecule has 2 saturated carbocycles. The normalized spacial score (nSPS) is 29.6. The largest absolute Gasteiger partial charge is 0.341 e. The highest BCUT2D eigenvalue weighted by Crippen LogP contribution is 2.46. The molecule has 3 nitrogen and oxygen atoms in total. The number of rotatable bonds is 1. The monoisotopic (exact) mass is 264 g/mol. The van der Waals surface area contributed by atoms with E-state index >= 15 is 0 Å². The molecule has 1 spiro atoms. The molecular weight excluding hydrogens is 236 g/mol. The van der Waals surface area contributed by atoms with E-state index in [1.54, 1.807) is 0 Å². The van der Waals surface area contributed by atoms with Crippen LogP contribution in [0.2, 0.25) is 0 Å². The SMILES string of the molecule is NC1(C(=O)N2CCC3(CCCC3)CC2)CCCCC1. The molecule has 1 saturated heterocycles. The van der Waals surface area contributed by atoms with Crippen molar-refractivity contribution >= 4 is 5.91 Å². The summed E-state index contributed by atoms with van der Waals surface area (Å²) in [5.74, 6) is 0.250. The third kappa shape index (κ3) is 2.54. The fourth-order valence-corrected chi connectivity index (χ4v) is 4.52. The van der Waals surface area contributed by atoms with E-state index in [1.165, 1.54) is 44.9 Å². The molecule has 0 aromatic carbocycles. The Morgan fingerprint density at radius 1 is 0.789 bits per heavy atom. The molecule has 3 aliphatic rings. The molecule has 3 rings (SSSR count). The highest BCUT2D eigenvalue weighted by atomic mass is 16.2. The fourth-order valence-electron chi connectivity index (χ4n) is 4.52. The highest BCUT2D eigenvalue weighted by Gasteiger charge is 2.43. The number of nitrogens with two attached hydrogens (primary N) is 1. The van der Waals surface area contributed by atoms with Crippen LogP contribution in [0.25, 0.3) is 0 Å². The first-order chi connectivity index (χ1) is 9.14. The molecule has 0 radical (unpaired) electrons. The first-order valence-corrected chi connectivity index (χ1v) is 8.22. The minimum Gasteiger partial charge on any atom is -0.341 e. The van der Waals surface area contributed by atoms with Crippen LogP contribution in [0.5, 0.6) is 0 Å². The molecular formula is C16H28N2O. The van der Waals surface area contributed by atoms with Gasteiger partial charge in [-0.2, -0.15) is 0 Å². The summed E-state index contributed by atoms with van der Waals surface area (Å²) in [7, 11) is 0. The predicted molar refractivity (Wildman–Crippen MR) is 76.7 cm³/mol. The molecule has 2 aliphatic carbocycles. The minimum atomic E-state index is -0.529. The Morgan fingerprint density at radius 2 is 1.32 bits per heavy atom. The fraction of sp³-hybridized carbons (Fsp3) is 0.938. The number of likely N-dealkylation sites (tertiary alicyclic amines) is 1. The van der Waals surface area contributed by atoms with Crippen molar-refractivity contribution in [2.75, 3.05) is 13.1 Å². The Morgan fingerprint density at radius 3 is 1.89 bits per heavy atom. The Balaban J connectivity index is 1.60. The molecule has 2 N–H and O–H groups in total. The summed E-state index contributed by atoms with van der Waals surface area (Å²) >= 11 is 0. The van der Waals surface area contributed by atoms with Gasteiger partial charge in [-0.05, 0) is 43.9 Å². The lowest BCUT2D eigenvalue weighted by molar-refractivity contribution is -0.140. The van der Waals surface area contributed by atoms with Crippen molar-refractivity contribution in [2.24, 2.45) is 11.1 Å². The van der Waals surface area contributed by atoms with Gasteiger partial charge in [0.2, 0.25) is 5.91 Å². The third-order valence-electron chi connectivity index (χ3n) is 5.95. The van der Waals surface area contributed by atoms with Gasteiger partial charge in [-0.15, -0.1) is 0 Å². The maximum atomic E-state index is 12.7. The highest BCUT2D eigenvalue weighted by molar-refractivity contribution is 5.86. The summed E-state index contributed by atoms with van der Waals surface area (Å²) in [6.07, 6.45) is 13.3. The summed E-state index contributed by atoms with van der Waals surface area (Å²) in [4.78, 5) is 14.8. The van der Waals surface area contributed by atoms with Gasteiger partial charge in [-0.3, -0.25) is 4.79 Å². The number of hydrogen-bond acceptors (Lipinski definition) is 2. The number of hydrogen-bond donors (Lipinski definition) is 1. The van der Waals surface area contributed by atoms with Gasteiger partial charge in [-0.25, -0.2) is 0 Å². The van der Waals surface area contributed by atoms with E-state index in [-0.39, 0.29) is 5.91 Å². The van der Waals surface area contributed by atoms with Gasteiger partial charge < -0.3 is 10.6 Å². The van der Waals surface area contributed by atoms with Crippen LogP contribution in [0.15, 0.2) is 0 Å². The molecule has 3 heteroatoms. The van der Waals surface area contributed by atoms with Crippen LogP contribution in [0.4, 0.5) is 0 Å². The zero-order chi connectivity index (χ0) is 13.3. The Bertz CT molecular complexity index is 331. The van der Waals surface area contributed by atoms with Crippen LogP contribution in [-0.4, -0.2) is 29.4 Å². The lowest BCUT2D eigenvalue weighted by atomic mass is 9.76. The number of nitrogens with zero attached hydrogens (tertiary/aromatic N) is 1. The van der Waals surface area contributed by atoms with Crippen LogP contribution in [0, 0.1) is 5.41 Å². The molecule has 1 aliphatic heterocycles. The maximum absolute atomic E-state index is 12.7. The van der Waals surface area contributed by atoms with E-state index in [0.717, 1.165) is 38.8 Å². The summed E-state index contributed by atoms with van der Waals surface area (Å²) in [5, 5.41) is 0. The molecule has 0 aromatic heterocycles. The Kier molecular flexibility index (Phi) is 3.59. The first-order valence-electron chi connectivity index (χ1n) is 8.22. The molecule has 0 aromatic rings. The molecule has 0 bridgehead atoms. The molecule has 1 amide bonds. The average Bonchev–Trinajstić information content (AvgIpc) is 2.88. The van der Waals surface area contributed by atoms with Gasteiger partial charge in [-0.1, -0.05) is 32.1 Å². The lowest BCUT2D eigenvalue weighted by Gasteiger charge is -2.43. The smallest absolute Gasteiger partial charge is 0.242 e. The zero-order valence-corrected chi connectivity index (χ0v) is 12.1. The molecule has 108 valence electrons. The first kappa shape index (κ1) is 13.4. The van der Waals surface area contributed by atoms with Crippen molar-refractivity contribution in [3.63, 3.8) is 0 Å². The van der Waals surface area contributed by atoms with E-state index in [1.807, 2.05) is 0 Å². The lowest BCUT2D eigenvalue weighted by Crippen LogP contribution is -2.58. The molecule has 0 unspecified atom stereocenters. The summed E-state index contributed by atoms with van der Waals surface area (Å²) < 4.78 is 0. The van der Waals surface area contributed by atoms with E-state index in [4.69, 9.17) is 5.73 Å². The Hall–Kier alpha value is -0.570. The van der Waals surface area contributed by atoms with Gasteiger partial charge in [0.05, 0.1) is 5.54 Å². The van der Waals surface area contributed by atoms with Crippen LogP contribution in [-0.2, 0) is 4.79 Å². The van der Waals surface area contributed by atoms with Crippen molar-refractivity contribution in [3.05, 3.63) is 0 Å². The second-order valence-corrected chi connectivity index (χ2v) is 7.22. The quantitative estimate of drug-likeness (QED) is 0.791. The van der Waals surface area contributed by atoms with Gasteiger partial charge in [0.15, 0.2) is 0 Å². The Labute approximate surface area is 116 Å². The predicted octanol–water partition coefficient (Wildman–Crippen LogP) is 2.83. The van der Waals surface area contributed by atoms with Crippen molar-refractivity contribution in [1.82, 2.24) is 4.90 Å². The second-order valence-electron chi connectivity index (χ2n) is 7.22. The average molecular weight is 264 g/mol. The number of piperidine rings is 1. The zero-order valence-electron chi connectivity index (χ0n) is 12.1. The summed E-state index contributed by atoms with van der Waals surface area (Å²) in [6, 6.07) is 0. The molecule has 3 fully saturated rings. The standard InChI is InChI=1S/C16H28N2O/c17-16(8-2-1-3-9-16)14(19)18-12-10-15(11-13-18)6-4-5-7-15/h1-13,17H2. The number of amides is 1. The van der Waals surface area contributed by atoms with Crippen molar-refractivity contribution in [1.29, 1.82) is 0 Å². The van der Waals surface area contributed by atoms with Crippen LogP contribution in [0.3, 0.4) is 0 Å². The van der Waals surface area contributed by atoms with Gasteiger partial charge in [0.1, 0.15) is 0 Å². The van der Waals surface area contributed by atoms with Crippen LogP contribution >= 0.6 is 0 Å². The van der Waals surface area contributed by atoms with Crippen LogP contribution in [0.1, 0.15) is 70.6 Å². The van der Waals surface area contributed by atoms with E-state index in [2.05, 4.69) is 4.90 Å².